The molecule has 1 fully saturated rings. The van der Waals surface area contributed by atoms with Crippen LogP contribution in [0.1, 0.15) is 18.4 Å². The van der Waals surface area contributed by atoms with Crippen molar-refractivity contribution in [3.8, 4) is 5.88 Å². The summed E-state index contributed by atoms with van der Waals surface area (Å²) in [6.45, 7) is 3.26. The number of piperidine rings is 1. The van der Waals surface area contributed by atoms with Gasteiger partial charge < -0.3 is 15.3 Å². The number of rotatable bonds is 1. The van der Waals surface area contributed by atoms with Gasteiger partial charge in [-0.05, 0) is 50.0 Å². The van der Waals surface area contributed by atoms with Gasteiger partial charge in [0.2, 0.25) is 5.88 Å². The van der Waals surface area contributed by atoms with E-state index in [9.17, 15) is 5.11 Å². The Labute approximate surface area is 118 Å². The molecule has 2 aliphatic rings. The fraction of sp³-hybridized carbons (Fsp3) is 0.438. The van der Waals surface area contributed by atoms with Gasteiger partial charge in [-0.25, -0.2) is 4.98 Å². The highest BCUT2D eigenvalue weighted by molar-refractivity contribution is 6.00. The molecule has 0 unspecified atom stereocenters. The molecule has 2 aliphatic heterocycles. The minimum absolute atomic E-state index is 0.151. The second-order valence-corrected chi connectivity index (χ2v) is 5.73. The maximum Gasteiger partial charge on any atom is 0.218 e. The fourth-order valence-corrected chi connectivity index (χ4v) is 3.62. The number of pyridine rings is 1. The molecular formula is C16H19N3O. The van der Waals surface area contributed by atoms with E-state index < -0.39 is 0 Å². The SMILES string of the molecule is Oc1ncc2c3c(cccc13)N(C1CCNCC1)CC2. The van der Waals surface area contributed by atoms with Gasteiger partial charge in [-0.2, -0.15) is 0 Å². The number of benzene rings is 1. The van der Waals surface area contributed by atoms with Gasteiger partial charge in [0, 0.05) is 35.2 Å². The first-order valence-corrected chi connectivity index (χ1v) is 7.41. The predicted molar refractivity (Wildman–Crippen MR) is 80.3 cm³/mol. The Morgan fingerprint density at radius 2 is 2.10 bits per heavy atom. The summed E-state index contributed by atoms with van der Waals surface area (Å²) in [7, 11) is 0. The van der Waals surface area contributed by atoms with Crippen molar-refractivity contribution in [2.75, 3.05) is 24.5 Å². The van der Waals surface area contributed by atoms with Crippen LogP contribution in [0.25, 0.3) is 10.8 Å². The van der Waals surface area contributed by atoms with E-state index in [-0.39, 0.29) is 5.88 Å². The van der Waals surface area contributed by atoms with Crippen molar-refractivity contribution >= 4 is 16.5 Å². The van der Waals surface area contributed by atoms with Crippen LogP contribution in [0.2, 0.25) is 0 Å². The first kappa shape index (κ1) is 12.0. The van der Waals surface area contributed by atoms with Crippen molar-refractivity contribution in [1.82, 2.24) is 10.3 Å². The molecule has 4 rings (SSSR count). The Morgan fingerprint density at radius 1 is 1.25 bits per heavy atom. The molecule has 4 heteroatoms. The molecule has 0 aliphatic carbocycles. The number of nitrogens with zero attached hydrogens (tertiary/aromatic N) is 2. The summed E-state index contributed by atoms with van der Waals surface area (Å²) in [6, 6.07) is 6.80. The smallest absolute Gasteiger partial charge is 0.218 e. The zero-order valence-electron chi connectivity index (χ0n) is 11.5. The summed E-state index contributed by atoms with van der Waals surface area (Å²) >= 11 is 0. The lowest BCUT2D eigenvalue weighted by Gasteiger charge is -2.39. The van der Waals surface area contributed by atoms with Crippen molar-refractivity contribution in [1.29, 1.82) is 0 Å². The highest BCUT2D eigenvalue weighted by atomic mass is 16.3. The molecule has 2 N–H and O–H groups in total. The normalized spacial score (nSPS) is 19.5. The molecule has 0 saturated carbocycles. The lowest BCUT2D eigenvalue weighted by molar-refractivity contribution is 0.428. The van der Waals surface area contributed by atoms with E-state index in [4.69, 9.17) is 0 Å². The van der Waals surface area contributed by atoms with Crippen LogP contribution >= 0.6 is 0 Å². The molecule has 1 aromatic carbocycles. The standard InChI is InChI=1S/C16H19N3O/c20-16-13-2-1-3-14-15(13)11(10-18-16)6-9-19(14)12-4-7-17-8-5-12/h1-3,10,12,17H,4-9H2,(H,18,20). The van der Waals surface area contributed by atoms with Crippen LogP contribution in [0.15, 0.2) is 24.4 Å². The first-order valence-electron chi connectivity index (χ1n) is 7.41. The average Bonchev–Trinajstić information content (AvgIpc) is 2.52. The summed E-state index contributed by atoms with van der Waals surface area (Å²) in [5.74, 6) is 0.151. The minimum atomic E-state index is 0.151. The highest BCUT2D eigenvalue weighted by Gasteiger charge is 2.27. The van der Waals surface area contributed by atoms with Crippen molar-refractivity contribution in [2.45, 2.75) is 25.3 Å². The summed E-state index contributed by atoms with van der Waals surface area (Å²) in [5, 5.41) is 15.5. The van der Waals surface area contributed by atoms with Crippen molar-refractivity contribution in [2.24, 2.45) is 0 Å². The summed E-state index contributed by atoms with van der Waals surface area (Å²) < 4.78 is 0. The molecule has 1 aromatic heterocycles. The van der Waals surface area contributed by atoms with Gasteiger partial charge in [0.25, 0.3) is 0 Å². The third kappa shape index (κ3) is 1.75. The van der Waals surface area contributed by atoms with Crippen LogP contribution in [0.4, 0.5) is 5.69 Å². The molecule has 0 radical (unpaired) electrons. The molecule has 0 bridgehead atoms. The number of hydrogen-bond acceptors (Lipinski definition) is 4. The Balaban J connectivity index is 1.85. The molecule has 104 valence electrons. The predicted octanol–water partition coefficient (Wildman–Crippen LogP) is 2.05. The number of aromatic hydroxyl groups is 1. The second-order valence-electron chi connectivity index (χ2n) is 5.73. The van der Waals surface area contributed by atoms with Gasteiger partial charge in [0.15, 0.2) is 0 Å². The quantitative estimate of drug-likeness (QED) is 0.832. The number of anilines is 1. The molecule has 0 spiro atoms. The van der Waals surface area contributed by atoms with Gasteiger partial charge in [0.1, 0.15) is 0 Å². The van der Waals surface area contributed by atoms with E-state index in [1.165, 1.54) is 29.5 Å². The molecular weight excluding hydrogens is 250 g/mol. The van der Waals surface area contributed by atoms with E-state index >= 15 is 0 Å². The minimum Gasteiger partial charge on any atom is -0.493 e. The number of hydrogen-bond donors (Lipinski definition) is 2. The van der Waals surface area contributed by atoms with Crippen LogP contribution in [-0.4, -0.2) is 35.8 Å². The molecule has 1 saturated heterocycles. The zero-order valence-corrected chi connectivity index (χ0v) is 11.5. The Kier molecular flexibility index (Phi) is 2.77. The topological polar surface area (TPSA) is 48.4 Å². The summed E-state index contributed by atoms with van der Waals surface area (Å²) in [6.07, 6.45) is 5.25. The molecule has 2 aromatic rings. The van der Waals surface area contributed by atoms with Gasteiger partial charge >= 0.3 is 0 Å². The van der Waals surface area contributed by atoms with Crippen LogP contribution in [0.3, 0.4) is 0 Å². The maximum absolute atomic E-state index is 10.00. The van der Waals surface area contributed by atoms with Crippen LogP contribution < -0.4 is 10.2 Å². The second kappa shape index (κ2) is 4.63. The van der Waals surface area contributed by atoms with Crippen molar-refractivity contribution in [3.05, 3.63) is 30.0 Å². The third-order valence-corrected chi connectivity index (χ3v) is 4.63. The van der Waals surface area contributed by atoms with Crippen LogP contribution in [0.5, 0.6) is 5.88 Å². The van der Waals surface area contributed by atoms with Gasteiger partial charge in [-0.15, -0.1) is 0 Å². The highest BCUT2D eigenvalue weighted by Crippen LogP contribution is 2.38. The first-order chi connectivity index (χ1) is 9.84. The average molecular weight is 269 g/mol. The van der Waals surface area contributed by atoms with E-state index in [0.717, 1.165) is 31.4 Å². The molecule has 3 heterocycles. The van der Waals surface area contributed by atoms with Gasteiger partial charge in [-0.3, -0.25) is 0 Å². The molecule has 0 amide bonds. The van der Waals surface area contributed by atoms with E-state index in [2.05, 4.69) is 21.3 Å². The van der Waals surface area contributed by atoms with Crippen molar-refractivity contribution in [3.63, 3.8) is 0 Å². The fourth-order valence-electron chi connectivity index (χ4n) is 3.62. The monoisotopic (exact) mass is 269 g/mol. The van der Waals surface area contributed by atoms with Crippen LogP contribution in [0, 0.1) is 0 Å². The van der Waals surface area contributed by atoms with E-state index in [1.807, 2.05) is 18.3 Å². The van der Waals surface area contributed by atoms with E-state index in [0.29, 0.717) is 6.04 Å². The molecule has 0 atom stereocenters. The van der Waals surface area contributed by atoms with Crippen LogP contribution in [-0.2, 0) is 6.42 Å². The lowest BCUT2D eigenvalue weighted by atomic mass is 9.94. The number of nitrogens with one attached hydrogen (secondary N) is 1. The lowest BCUT2D eigenvalue weighted by Crippen LogP contribution is -2.45. The summed E-state index contributed by atoms with van der Waals surface area (Å²) in [4.78, 5) is 6.66. The largest absolute Gasteiger partial charge is 0.493 e. The Bertz CT molecular complexity index is 649. The van der Waals surface area contributed by atoms with Gasteiger partial charge in [0.05, 0.1) is 0 Å². The molecule has 4 nitrogen and oxygen atoms in total. The van der Waals surface area contributed by atoms with E-state index in [1.54, 1.807) is 0 Å². The zero-order chi connectivity index (χ0) is 13.5. The Hall–Kier alpha value is -1.81. The van der Waals surface area contributed by atoms with Crippen molar-refractivity contribution < 1.29 is 5.11 Å². The molecule has 20 heavy (non-hydrogen) atoms. The Morgan fingerprint density at radius 3 is 2.95 bits per heavy atom. The maximum atomic E-state index is 10.00. The van der Waals surface area contributed by atoms with Gasteiger partial charge in [-0.1, -0.05) is 6.07 Å². The number of aromatic nitrogens is 1. The summed E-state index contributed by atoms with van der Waals surface area (Å²) in [5.41, 5.74) is 2.53. The third-order valence-electron chi connectivity index (χ3n) is 4.63.